The van der Waals surface area contributed by atoms with Crippen molar-refractivity contribution < 1.29 is 17.9 Å². The van der Waals surface area contributed by atoms with Crippen molar-refractivity contribution in [2.75, 3.05) is 17.1 Å². The molecular formula is C11H15ClN2O4S. The van der Waals surface area contributed by atoms with Crippen LogP contribution in [0.2, 0.25) is 5.15 Å². The summed E-state index contributed by atoms with van der Waals surface area (Å²) in [5.74, 6) is -0.882. The molecule has 19 heavy (non-hydrogen) atoms. The molecule has 0 atom stereocenters. The highest BCUT2D eigenvalue weighted by atomic mass is 35.5. The zero-order valence-electron chi connectivity index (χ0n) is 10.6. The van der Waals surface area contributed by atoms with Crippen molar-refractivity contribution in [3.63, 3.8) is 0 Å². The van der Waals surface area contributed by atoms with Crippen LogP contribution in [0.3, 0.4) is 0 Å². The number of hydrogen-bond donors (Lipinski definition) is 1. The number of carbonyl (C=O) groups excluding carboxylic acids is 1. The maximum Gasteiger partial charge on any atom is 0.306 e. The molecular weight excluding hydrogens is 292 g/mol. The number of hydrogen-bond acceptors (Lipinski definition) is 5. The minimum absolute atomic E-state index is 0.191. The Morgan fingerprint density at radius 1 is 1.47 bits per heavy atom. The maximum absolute atomic E-state index is 11.8. The minimum atomic E-state index is -3.62. The molecule has 0 aliphatic heterocycles. The second kappa shape index (κ2) is 6.72. The van der Waals surface area contributed by atoms with Crippen LogP contribution >= 0.6 is 11.6 Å². The molecule has 0 bridgehead atoms. The van der Waals surface area contributed by atoms with Crippen molar-refractivity contribution >= 4 is 33.3 Å². The summed E-state index contributed by atoms with van der Waals surface area (Å²) in [4.78, 5) is 15.0. The van der Waals surface area contributed by atoms with Gasteiger partial charge in [-0.3, -0.25) is 9.52 Å². The Hall–Kier alpha value is -1.34. The average Bonchev–Trinajstić information content (AvgIpc) is 2.31. The van der Waals surface area contributed by atoms with E-state index in [4.69, 9.17) is 11.6 Å². The number of nitrogens with one attached hydrogen (secondary N) is 1. The van der Waals surface area contributed by atoms with E-state index in [0.29, 0.717) is 11.4 Å². The number of carbonyl (C=O) groups is 1. The van der Waals surface area contributed by atoms with Crippen molar-refractivity contribution in [1.82, 2.24) is 4.98 Å². The van der Waals surface area contributed by atoms with Crippen molar-refractivity contribution in [3.8, 4) is 0 Å². The van der Waals surface area contributed by atoms with Crippen LogP contribution in [0.4, 0.5) is 5.69 Å². The highest BCUT2D eigenvalue weighted by Gasteiger charge is 2.15. The van der Waals surface area contributed by atoms with Gasteiger partial charge >= 0.3 is 5.97 Å². The molecule has 0 aromatic carbocycles. The van der Waals surface area contributed by atoms with Gasteiger partial charge in [0.1, 0.15) is 5.15 Å². The van der Waals surface area contributed by atoms with E-state index in [1.54, 1.807) is 13.8 Å². The minimum Gasteiger partial charge on any atom is -0.466 e. The molecule has 0 unspecified atom stereocenters. The Labute approximate surface area is 117 Å². The number of rotatable bonds is 6. The van der Waals surface area contributed by atoms with E-state index < -0.39 is 16.0 Å². The van der Waals surface area contributed by atoms with E-state index >= 15 is 0 Å². The highest BCUT2D eigenvalue weighted by molar-refractivity contribution is 7.92. The SMILES string of the molecule is CCOC(=O)CCS(=O)(=O)Nc1ccc(Cl)nc1C. The molecule has 0 aliphatic carbocycles. The van der Waals surface area contributed by atoms with E-state index in [2.05, 4.69) is 14.4 Å². The van der Waals surface area contributed by atoms with Crippen LogP contribution in [0, 0.1) is 6.92 Å². The third-order valence-electron chi connectivity index (χ3n) is 2.20. The van der Waals surface area contributed by atoms with Crippen LogP contribution in [-0.2, 0) is 19.6 Å². The van der Waals surface area contributed by atoms with Gasteiger partial charge in [-0.05, 0) is 26.0 Å². The number of pyridine rings is 1. The Morgan fingerprint density at radius 3 is 2.74 bits per heavy atom. The number of sulfonamides is 1. The second-order valence-corrected chi connectivity index (χ2v) is 5.97. The van der Waals surface area contributed by atoms with E-state index in [0.717, 1.165) is 0 Å². The molecule has 1 aromatic heterocycles. The number of anilines is 1. The number of esters is 1. The number of halogens is 1. The fourth-order valence-corrected chi connectivity index (χ4v) is 2.59. The van der Waals surface area contributed by atoms with Gasteiger partial charge in [0.2, 0.25) is 10.0 Å². The van der Waals surface area contributed by atoms with Gasteiger partial charge in [0.15, 0.2) is 0 Å². The van der Waals surface area contributed by atoms with Crippen LogP contribution in [0.15, 0.2) is 12.1 Å². The van der Waals surface area contributed by atoms with Crippen LogP contribution in [0.5, 0.6) is 0 Å². The average molecular weight is 307 g/mol. The fraction of sp³-hybridized carbons (Fsp3) is 0.455. The maximum atomic E-state index is 11.8. The summed E-state index contributed by atoms with van der Waals surface area (Å²) in [5.41, 5.74) is 0.806. The lowest BCUT2D eigenvalue weighted by Gasteiger charge is -2.09. The predicted octanol–water partition coefficient (Wildman–Crippen LogP) is 1.74. The van der Waals surface area contributed by atoms with Crippen LogP contribution in [-0.4, -0.2) is 31.7 Å². The van der Waals surface area contributed by atoms with Gasteiger partial charge < -0.3 is 4.74 Å². The first-order valence-electron chi connectivity index (χ1n) is 5.63. The first-order valence-corrected chi connectivity index (χ1v) is 7.66. The summed E-state index contributed by atoms with van der Waals surface area (Å²) in [6, 6.07) is 3.00. The van der Waals surface area contributed by atoms with Gasteiger partial charge in [0, 0.05) is 0 Å². The number of aryl methyl sites for hydroxylation is 1. The fourth-order valence-electron chi connectivity index (χ4n) is 1.31. The van der Waals surface area contributed by atoms with Crippen molar-refractivity contribution in [2.45, 2.75) is 20.3 Å². The summed E-state index contributed by atoms with van der Waals surface area (Å²) in [6.45, 7) is 3.52. The molecule has 0 spiro atoms. The molecule has 0 saturated carbocycles. The molecule has 0 radical (unpaired) electrons. The van der Waals surface area contributed by atoms with Crippen LogP contribution in [0.1, 0.15) is 19.0 Å². The first-order chi connectivity index (χ1) is 8.84. The Bertz CT molecular complexity index is 560. The van der Waals surface area contributed by atoms with Crippen molar-refractivity contribution in [1.29, 1.82) is 0 Å². The van der Waals surface area contributed by atoms with E-state index in [9.17, 15) is 13.2 Å². The molecule has 106 valence electrons. The summed E-state index contributed by atoms with van der Waals surface area (Å²) in [6.07, 6.45) is -0.191. The van der Waals surface area contributed by atoms with Gasteiger partial charge in [0.05, 0.1) is 30.2 Å². The zero-order chi connectivity index (χ0) is 14.5. The van der Waals surface area contributed by atoms with Gasteiger partial charge in [-0.15, -0.1) is 0 Å². The lowest BCUT2D eigenvalue weighted by atomic mass is 10.3. The number of aromatic nitrogens is 1. The molecule has 0 aliphatic rings. The molecule has 0 fully saturated rings. The lowest BCUT2D eigenvalue weighted by Crippen LogP contribution is -2.20. The predicted molar refractivity (Wildman–Crippen MR) is 72.6 cm³/mol. The smallest absolute Gasteiger partial charge is 0.306 e. The monoisotopic (exact) mass is 306 g/mol. The van der Waals surface area contributed by atoms with Crippen molar-refractivity contribution in [3.05, 3.63) is 23.0 Å². The lowest BCUT2D eigenvalue weighted by molar-refractivity contribution is -0.142. The molecule has 0 amide bonds. The topological polar surface area (TPSA) is 85.4 Å². The van der Waals surface area contributed by atoms with Crippen molar-refractivity contribution in [2.24, 2.45) is 0 Å². The van der Waals surface area contributed by atoms with Gasteiger partial charge in [-0.2, -0.15) is 0 Å². The highest BCUT2D eigenvalue weighted by Crippen LogP contribution is 2.17. The second-order valence-electron chi connectivity index (χ2n) is 3.74. The molecule has 8 heteroatoms. The summed E-state index contributed by atoms with van der Waals surface area (Å²) >= 11 is 5.68. The Morgan fingerprint density at radius 2 is 2.16 bits per heavy atom. The molecule has 1 rings (SSSR count). The number of nitrogens with zero attached hydrogens (tertiary/aromatic N) is 1. The van der Waals surface area contributed by atoms with E-state index in [1.165, 1.54) is 12.1 Å². The summed E-state index contributed by atoms with van der Waals surface area (Å²) in [5, 5.41) is 0.284. The molecule has 1 aromatic rings. The van der Waals surface area contributed by atoms with Gasteiger partial charge in [-0.25, -0.2) is 13.4 Å². The van der Waals surface area contributed by atoms with E-state index in [1.807, 2.05) is 0 Å². The Kier molecular flexibility index (Phi) is 5.56. The molecule has 1 N–H and O–H groups in total. The third-order valence-corrected chi connectivity index (χ3v) is 3.68. The molecule has 1 heterocycles. The summed E-state index contributed by atoms with van der Waals surface area (Å²) in [7, 11) is -3.62. The normalized spacial score (nSPS) is 11.1. The quantitative estimate of drug-likeness (QED) is 0.639. The standard InChI is InChI=1S/C11H15ClN2O4S/c1-3-18-11(15)6-7-19(16,17)14-9-4-5-10(12)13-8(9)2/h4-5,14H,3,6-7H2,1-2H3. The van der Waals surface area contributed by atoms with Gasteiger partial charge in [-0.1, -0.05) is 11.6 Å². The first kappa shape index (κ1) is 15.7. The molecule has 6 nitrogen and oxygen atoms in total. The Balaban J connectivity index is 2.66. The summed E-state index contributed by atoms with van der Waals surface area (Å²) < 4.78 is 30.6. The van der Waals surface area contributed by atoms with Crippen LogP contribution < -0.4 is 4.72 Å². The number of ether oxygens (including phenoxy) is 1. The van der Waals surface area contributed by atoms with Gasteiger partial charge in [0.25, 0.3) is 0 Å². The molecule has 0 saturated heterocycles. The largest absolute Gasteiger partial charge is 0.466 e. The van der Waals surface area contributed by atoms with E-state index in [-0.39, 0.29) is 23.9 Å². The third kappa shape index (κ3) is 5.44. The zero-order valence-corrected chi connectivity index (χ0v) is 12.2. The van der Waals surface area contributed by atoms with Crippen LogP contribution in [0.25, 0.3) is 0 Å².